The molecule has 0 atom stereocenters. The van der Waals surface area contributed by atoms with Gasteiger partial charge in [0.25, 0.3) is 0 Å². The standard InChI is InChI=1S/C12H13Cl2N3O/c1-18-7-5-16-12-15-4-6-17(12)9-2-3-10(13)11(14)8-9/h2-4,6,8H,5,7H2,1H3,(H,15,16). The van der Waals surface area contributed by atoms with Crippen LogP contribution in [0.4, 0.5) is 5.95 Å². The third kappa shape index (κ3) is 2.96. The molecule has 0 amide bonds. The van der Waals surface area contributed by atoms with E-state index in [4.69, 9.17) is 27.9 Å². The van der Waals surface area contributed by atoms with Crippen molar-refractivity contribution in [2.24, 2.45) is 0 Å². The number of anilines is 1. The summed E-state index contributed by atoms with van der Waals surface area (Å²) < 4.78 is 6.88. The highest BCUT2D eigenvalue weighted by Crippen LogP contribution is 2.25. The molecular formula is C12H13Cl2N3O. The molecule has 0 aliphatic rings. The number of hydrogen-bond acceptors (Lipinski definition) is 3. The lowest BCUT2D eigenvalue weighted by Gasteiger charge is -2.10. The van der Waals surface area contributed by atoms with Crippen LogP contribution >= 0.6 is 23.2 Å². The zero-order valence-electron chi connectivity index (χ0n) is 9.86. The minimum Gasteiger partial charge on any atom is -0.383 e. The zero-order valence-corrected chi connectivity index (χ0v) is 11.4. The van der Waals surface area contributed by atoms with Gasteiger partial charge in [-0.25, -0.2) is 4.98 Å². The normalized spacial score (nSPS) is 10.6. The summed E-state index contributed by atoms with van der Waals surface area (Å²) in [5.41, 5.74) is 0.904. The molecule has 6 heteroatoms. The minimum absolute atomic E-state index is 0.519. The molecule has 96 valence electrons. The molecule has 1 aromatic heterocycles. The van der Waals surface area contributed by atoms with Crippen molar-refractivity contribution in [2.75, 3.05) is 25.6 Å². The van der Waals surface area contributed by atoms with Crippen LogP contribution in [-0.2, 0) is 4.74 Å². The molecule has 0 saturated carbocycles. The van der Waals surface area contributed by atoms with Crippen LogP contribution in [0.5, 0.6) is 0 Å². The second-order valence-corrected chi connectivity index (χ2v) is 4.45. The number of rotatable bonds is 5. The third-order valence-electron chi connectivity index (χ3n) is 2.41. The predicted octanol–water partition coefficient (Wildman–Crippen LogP) is 3.24. The van der Waals surface area contributed by atoms with Gasteiger partial charge in [-0.1, -0.05) is 23.2 Å². The van der Waals surface area contributed by atoms with Crippen LogP contribution in [0, 0.1) is 0 Å². The Balaban J connectivity index is 2.22. The van der Waals surface area contributed by atoms with Gasteiger partial charge in [0.05, 0.1) is 22.3 Å². The fourth-order valence-corrected chi connectivity index (χ4v) is 1.83. The summed E-state index contributed by atoms with van der Waals surface area (Å²) in [6.07, 6.45) is 3.58. The van der Waals surface area contributed by atoms with E-state index in [2.05, 4.69) is 10.3 Å². The first-order valence-corrected chi connectivity index (χ1v) is 6.19. The summed E-state index contributed by atoms with van der Waals surface area (Å²) in [4.78, 5) is 4.24. The van der Waals surface area contributed by atoms with Crippen molar-refractivity contribution in [2.45, 2.75) is 0 Å². The second-order valence-electron chi connectivity index (χ2n) is 3.64. The monoisotopic (exact) mass is 285 g/mol. The highest BCUT2D eigenvalue weighted by molar-refractivity contribution is 6.42. The van der Waals surface area contributed by atoms with E-state index in [1.807, 2.05) is 16.8 Å². The van der Waals surface area contributed by atoms with Crippen molar-refractivity contribution >= 4 is 29.2 Å². The van der Waals surface area contributed by atoms with Gasteiger partial charge in [-0.15, -0.1) is 0 Å². The van der Waals surface area contributed by atoms with Gasteiger partial charge < -0.3 is 10.1 Å². The van der Waals surface area contributed by atoms with E-state index in [9.17, 15) is 0 Å². The molecule has 0 spiro atoms. The number of methoxy groups -OCH3 is 1. The maximum atomic E-state index is 6.00. The number of nitrogens with one attached hydrogen (secondary N) is 1. The van der Waals surface area contributed by atoms with E-state index in [0.717, 1.165) is 11.6 Å². The molecule has 1 heterocycles. The largest absolute Gasteiger partial charge is 0.383 e. The van der Waals surface area contributed by atoms with E-state index >= 15 is 0 Å². The molecular weight excluding hydrogens is 273 g/mol. The summed E-state index contributed by atoms with van der Waals surface area (Å²) in [5, 5.41) is 4.23. The lowest BCUT2D eigenvalue weighted by atomic mass is 10.3. The fourth-order valence-electron chi connectivity index (χ4n) is 1.54. The van der Waals surface area contributed by atoms with Crippen molar-refractivity contribution in [3.8, 4) is 5.69 Å². The highest BCUT2D eigenvalue weighted by Gasteiger charge is 2.06. The minimum atomic E-state index is 0.519. The quantitative estimate of drug-likeness (QED) is 0.858. The average molecular weight is 286 g/mol. The molecule has 0 bridgehead atoms. The number of hydrogen-bond donors (Lipinski definition) is 1. The molecule has 4 nitrogen and oxygen atoms in total. The molecule has 1 aromatic carbocycles. The summed E-state index contributed by atoms with van der Waals surface area (Å²) in [6, 6.07) is 5.45. The molecule has 0 aliphatic heterocycles. The Kier molecular flexibility index (Phi) is 4.47. The van der Waals surface area contributed by atoms with Crippen LogP contribution < -0.4 is 5.32 Å². The number of nitrogens with zero attached hydrogens (tertiary/aromatic N) is 2. The molecule has 0 fully saturated rings. The topological polar surface area (TPSA) is 39.1 Å². The number of halogens is 2. The SMILES string of the molecule is COCCNc1nccn1-c1ccc(Cl)c(Cl)c1. The summed E-state index contributed by atoms with van der Waals surface area (Å²) in [6.45, 7) is 1.31. The Labute approximate surface area is 115 Å². The Hall–Kier alpha value is -1.23. The summed E-state index contributed by atoms with van der Waals surface area (Å²) in [7, 11) is 1.66. The average Bonchev–Trinajstić information content (AvgIpc) is 2.81. The Morgan fingerprint density at radius 3 is 2.89 bits per heavy atom. The van der Waals surface area contributed by atoms with Gasteiger partial charge >= 0.3 is 0 Å². The molecule has 0 radical (unpaired) electrons. The van der Waals surface area contributed by atoms with E-state index in [1.165, 1.54) is 0 Å². The Morgan fingerprint density at radius 1 is 1.33 bits per heavy atom. The van der Waals surface area contributed by atoms with E-state index in [0.29, 0.717) is 23.2 Å². The van der Waals surface area contributed by atoms with Gasteiger partial charge in [-0.05, 0) is 18.2 Å². The molecule has 2 aromatic rings. The second kappa shape index (κ2) is 6.09. The lowest BCUT2D eigenvalue weighted by Crippen LogP contribution is -2.11. The first-order chi connectivity index (χ1) is 8.72. The van der Waals surface area contributed by atoms with Crippen LogP contribution in [-0.4, -0.2) is 29.8 Å². The molecule has 0 unspecified atom stereocenters. The van der Waals surface area contributed by atoms with Crippen molar-refractivity contribution in [1.29, 1.82) is 0 Å². The van der Waals surface area contributed by atoms with Crippen LogP contribution in [0.3, 0.4) is 0 Å². The van der Waals surface area contributed by atoms with E-state index in [1.54, 1.807) is 25.4 Å². The molecule has 18 heavy (non-hydrogen) atoms. The summed E-state index contributed by atoms with van der Waals surface area (Å²) >= 11 is 11.9. The van der Waals surface area contributed by atoms with Gasteiger partial charge in [-0.3, -0.25) is 4.57 Å². The molecule has 1 N–H and O–H groups in total. The Bertz CT molecular complexity index is 528. The number of ether oxygens (including phenoxy) is 1. The van der Waals surface area contributed by atoms with Crippen molar-refractivity contribution in [1.82, 2.24) is 9.55 Å². The van der Waals surface area contributed by atoms with Gasteiger partial charge in [0.2, 0.25) is 5.95 Å². The van der Waals surface area contributed by atoms with Gasteiger partial charge in [0.1, 0.15) is 0 Å². The first-order valence-electron chi connectivity index (χ1n) is 5.44. The van der Waals surface area contributed by atoms with Crippen molar-refractivity contribution < 1.29 is 4.74 Å². The lowest BCUT2D eigenvalue weighted by molar-refractivity contribution is 0.210. The fraction of sp³-hybridized carbons (Fsp3) is 0.250. The predicted molar refractivity (Wildman–Crippen MR) is 73.9 cm³/mol. The number of imidazole rings is 1. The zero-order chi connectivity index (χ0) is 13.0. The van der Waals surface area contributed by atoms with Crippen molar-refractivity contribution in [3.05, 3.63) is 40.6 Å². The third-order valence-corrected chi connectivity index (χ3v) is 3.15. The van der Waals surface area contributed by atoms with E-state index < -0.39 is 0 Å². The first kappa shape index (κ1) is 13.2. The van der Waals surface area contributed by atoms with Gasteiger partial charge in [-0.2, -0.15) is 0 Å². The maximum absolute atomic E-state index is 6.00. The van der Waals surface area contributed by atoms with E-state index in [-0.39, 0.29) is 0 Å². The maximum Gasteiger partial charge on any atom is 0.207 e. The highest BCUT2D eigenvalue weighted by atomic mass is 35.5. The van der Waals surface area contributed by atoms with Crippen LogP contribution in [0.25, 0.3) is 5.69 Å². The number of aromatic nitrogens is 2. The molecule has 0 aliphatic carbocycles. The smallest absolute Gasteiger partial charge is 0.207 e. The molecule has 0 saturated heterocycles. The van der Waals surface area contributed by atoms with Gasteiger partial charge in [0.15, 0.2) is 0 Å². The van der Waals surface area contributed by atoms with Crippen molar-refractivity contribution in [3.63, 3.8) is 0 Å². The Morgan fingerprint density at radius 2 is 2.17 bits per heavy atom. The van der Waals surface area contributed by atoms with Gasteiger partial charge in [0, 0.05) is 26.0 Å². The van der Waals surface area contributed by atoms with Crippen LogP contribution in [0.2, 0.25) is 10.0 Å². The molecule has 2 rings (SSSR count). The summed E-state index contributed by atoms with van der Waals surface area (Å²) in [5.74, 6) is 0.741. The van der Waals surface area contributed by atoms with Crippen LogP contribution in [0.15, 0.2) is 30.6 Å². The van der Waals surface area contributed by atoms with Crippen LogP contribution in [0.1, 0.15) is 0 Å². The number of benzene rings is 1.